The monoisotopic (exact) mass is 260 g/mol. The summed E-state index contributed by atoms with van der Waals surface area (Å²) in [5.74, 6) is 0.903. The highest BCUT2D eigenvalue weighted by atomic mass is 16.5. The zero-order valence-corrected chi connectivity index (χ0v) is 11.7. The molecule has 102 valence electrons. The quantitative estimate of drug-likeness (QED) is 0.836. The molecular formula is C15H20N2O2. The van der Waals surface area contributed by atoms with Gasteiger partial charge in [-0.2, -0.15) is 0 Å². The highest BCUT2D eigenvalue weighted by molar-refractivity contribution is 5.93. The number of benzene rings is 1. The Labute approximate surface area is 114 Å². The zero-order chi connectivity index (χ0) is 13.8. The molecule has 0 bridgehead atoms. The lowest BCUT2D eigenvalue weighted by Gasteiger charge is -2.25. The van der Waals surface area contributed by atoms with Gasteiger partial charge in [0.1, 0.15) is 5.75 Å². The van der Waals surface area contributed by atoms with Gasteiger partial charge in [-0.1, -0.05) is 18.2 Å². The van der Waals surface area contributed by atoms with Crippen molar-refractivity contribution in [1.82, 2.24) is 10.2 Å². The predicted molar refractivity (Wildman–Crippen MR) is 75.0 cm³/mol. The Morgan fingerprint density at radius 2 is 2.05 bits per heavy atom. The first-order valence-corrected chi connectivity index (χ1v) is 6.40. The van der Waals surface area contributed by atoms with Crippen molar-refractivity contribution in [3.05, 3.63) is 41.0 Å². The first-order chi connectivity index (χ1) is 9.13. The molecule has 2 rings (SSSR count). The van der Waals surface area contributed by atoms with E-state index in [0.717, 1.165) is 30.0 Å². The van der Waals surface area contributed by atoms with Gasteiger partial charge in [0.25, 0.3) is 0 Å². The van der Waals surface area contributed by atoms with Gasteiger partial charge in [0.15, 0.2) is 0 Å². The minimum absolute atomic E-state index is 0.0856. The summed E-state index contributed by atoms with van der Waals surface area (Å²) in [6.07, 6.45) is 0. The molecule has 1 N–H and O–H groups in total. The fraction of sp³-hybridized carbons (Fsp3) is 0.400. The van der Waals surface area contributed by atoms with Crippen LogP contribution in [0.5, 0.6) is 5.75 Å². The molecule has 1 amide bonds. The number of hydrogen-bond acceptors (Lipinski definition) is 3. The number of nitrogens with one attached hydrogen (secondary N) is 1. The van der Waals surface area contributed by atoms with E-state index in [1.165, 1.54) is 5.57 Å². The number of carbonyl (C=O) groups is 1. The second-order valence-electron chi connectivity index (χ2n) is 4.81. The number of carbonyl (C=O) groups excluding carboxylic acids is 1. The number of methoxy groups -OCH3 is 1. The predicted octanol–water partition coefficient (Wildman–Crippen LogP) is 1.57. The summed E-state index contributed by atoms with van der Waals surface area (Å²) in [5.41, 5.74) is 3.08. The van der Waals surface area contributed by atoms with E-state index in [-0.39, 0.29) is 5.91 Å². The van der Waals surface area contributed by atoms with Crippen molar-refractivity contribution in [1.29, 1.82) is 0 Å². The van der Waals surface area contributed by atoms with E-state index < -0.39 is 0 Å². The normalized spacial score (nSPS) is 13.7. The molecule has 19 heavy (non-hydrogen) atoms. The summed E-state index contributed by atoms with van der Waals surface area (Å²) in [5, 5.41) is 3.16. The summed E-state index contributed by atoms with van der Waals surface area (Å²) in [6, 6.07) is 7.78. The Morgan fingerprint density at radius 1 is 1.37 bits per heavy atom. The van der Waals surface area contributed by atoms with E-state index in [9.17, 15) is 4.79 Å². The minimum Gasteiger partial charge on any atom is -0.496 e. The molecule has 0 radical (unpaired) electrons. The van der Waals surface area contributed by atoms with E-state index in [1.54, 1.807) is 12.0 Å². The van der Waals surface area contributed by atoms with E-state index in [4.69, 9.17) is 4.74 Å². The molecule has 1 aromatic rings. The molecule has 1 aliphatic rings. The Kier molecular flexibility index (Phi) is 4.22. The van der Waals surface area contributed by atoms with E-state index >= 15 is 0 Å². The lowest BCUT2D eigenvalue weighted by Crippen LogP contribution is -2.38. The second kappa shape index (κ2) is 5.89. The van der Waals surface area contributed by atoms with E-state index in [0.29, 0.717) is 6.54 Å². The average Bonchev–Trinajstić information content (AvgIpc) is 2.36. The SMILES string of the molecule is COc1ccccc1CN(C)C(=O)C(C)=C1CNC1. The standard InChI is InChI=1S/C15H20N2O2/c1-11(13-8-16-9-13)15(18)17(2)10-12-6-4-5-7-14(12)19-3/h4-7,16H,8-10H2,1-3H3. The number of amides is 1. The minimum atomic E-state index is 0.0856. The summed E-state index contributed by atoms with van der Waals surface area (Å²) < 4.78 is 5.31. The van der Waals surface area contributed by atoms with Crippen LogP contribution in [0, 0.1) is 0 Å². The average molecular weight is 260 g/mol. The molecule has 0 aromatic heterocycles. The summed E-state index contributed by atoms with van der Waals surface area (Å²) in [6.45, 7) is 4.12. The number of ether oxygens (including phenoxy) is 1. The maximum Gasteiger partial charge on any atom is 0.249 e. The maximum atomic E-state index is 12.3. The molecule has 1 heterocycles. The van der Waals surface area contributed by atoms with Gasteiger partial charge in [0.05, 0.1) is 7.11 Å². The summed E-state index contributed by atoms with van der Waals surface area (Å²) in [4.78, 5) is 14.0. The van der Waals surface area contributed by atoms with Crippen molar-refractivity contribution in [2.24, 2.45) is 0 Å². The molecule has 1 aromatic carbocycles. The first kappa shape index (κ1) is 13.6. The zero-order valence-electron chi connectivity index (χ0n) is 11.7. The van der Waals surface area contributed by atoms with Crippen LogP contribution in [0.25, 0.3) is 0 Å². The Balaban J connectivity index is 2.08. The van der Waals surface area contributed by atoms with Crippen LogP contribution in [0.2, 0.25) is 0 Å². The number of hydrogen-bond donors (Lipinski definition) is 1. The van der Waals surface area contributed by atoms with Crippen molar-refractivity contribution in [3.8, 4) is 5.75 Å². The van der Waals surface area contributed by atoms with Gasteiger partial charge in [-0.3, -0.25) is 4.79 Å². The van der Waals surface area contributed by atoms with E-state index in [2.05, 4.69) is 5.32 Å². The molecule has 1 saturated heterocycles. The first-order valence-electron chi connectivity index (χ1n) is 6.40. The second-order valence-corrected chi connectivity index (χ2v) is 4.81. The Hall–Kier alpha value is -1.81. The number of rotatable bonds is 4. The van der Waals surface area contributed by atoms with Crippen LogP contribution in [0.3, 0.4) is 0 Å². The van der Waals surface area contributed by atoms with Gasteiger partial charge in [0.2, 0.25) is 5.91 Å². The van der Waals surface area contributed by atoms with Crippen molar-refractivity contribution in [2.45, 2.75) is 13.5 Å². The van der Waals surface area contributed by atoms with Gasteiger partial charge in [-0.05, 0) is 18.6 Å². The Morgan fingerprint density at radius 3 is 2.63 bits per heavy atom. The van der Waals surface area contributed by atoms with Gasteiger partial charge in [-0.25, -0.2) is 0 Å². The fourth-order valence-electron chi connectivity index (χ4n) is 2.11. The maximum absolute atomic E-state index is 12.3. The molecule has 4 heteroatoms. The highest BCUT2D eigenvalue weighted by Gasteiger charge is 2.19. The third-order valence-electron chi connectivity index (χ3n) is 3.47. The molecule has 0 aliphatic carbocycles. The molecule has 1 aliphatic heterocycles. The van der Waals surface area contributed by atoms with Crippen molar-refractivity contribution in [2.75, 3.05) is 27.2 Å². The molecule has 1 fully saturated rings. The Bertz CT molecular complexity index is 503. The smallest absolute Gasteiger partial charge is 0.249 e. The third-order valence-corrected chi connectivity index (χ3v) is 3.47. The molecule has 0 spiro atoms. The van der Waals surface area contributed by atoms with Crippen LogP contribution in [0.15, 0.2) is 35.4 Å². The van der Waals surface area contributed by atoms with Gasteiger partial charge in [0, 0.05) is 37.8 Å². The number of para-hydroxylation sites is 1. The summed E-state index contributed by atoms with van der Waals surface area (Å²) in [7, 11) is 3.47. The van der Waals surface area contributed by atoms with Crippen LogP contribution in [0.1, 0.15) is 12.5 Å². The largest absolute Gasteiger partial charge is 0.496 e. The molecular weight excluding hydrogens is 240 g/mol. The van der Waals surface area contributed by atoms with Crippen LogP contribution in [0.4, 0.5) is 0 Å². The highest BCUT2D eigenvalue weighted by Crippen LogP contribution is 2.20. The molecule has 0 unspecified atom stereocenters. The molecule has 4 nitrogen and oxygen atoms in total. The van der Waals surface area contributed by atoms with Crippen LogP contribution >= 0.6 is 0 Å². The number of likely N-dealkylation sites (N-methyl/N-ethyl adjacent to an activating group) is 1. The lowest BCUT2D eigenvalue weighted by atomic mass is 10.0. The van der Waals surface area contributed by atoms with Crippen molar-refractivity contribution < 1.29 is 9.53 Å². The molecule has 0 saturated carbocycles. The van der Waals surface area contributed by atoms with Crippen LogP contribution in [-0.4, -0.2) is 38.1 Å². The van der Waals surface area contributed by atoms with Gasteiger partial charge < -0.3 is 15.0 Å². The topological polar surface area (TPSA) is 41.6 Å². The van der Waals surface area contributed by atoms with Crippen LogP contribution in [-0.2, 0) is 11.3 Å². The van der Waals surface area contributed by atoms with Gasteiger partial charge in [-0.15, -0.1) is 0 Å². The van der Waals surface area contributed by atoms with Gasteiger partial charge >= 0.3 is 0 Å². The van der Waals surface area contributed by atoms with Crippen molar-refractivity contribution >= 4 is 5.91 Å². The lowest BCUT2D eigenvalue weighted by molar-refractivity contribution is -0.126. The summed E-state index contributed by atoms with van der Waals surface area (Å²) >= 11 is 0. The van der Waals surface area contributed by atoms with Crippen molar-refractivity contribution in [3.63, 3.8) is 0 Å². The molecule has 0 atom stereocenters. The van der Waals surface area contributed by atoms with Crippen LogP contribution < -0.4 is 10.1 Å². The fourth-order valence-corrected chi connectivity index (χ4v) is 2.11. The third kappa shape index (κ3) is 2.96. The van der Waals surface area contributed by atoms with E-state index in [1.807, 2.05) is 38.2 Å². The number of nitrogens with zero attached hydrogens (tertiary/aromatic N) is 1.